The lowest BCUT2D eigenvalue weighted by Crippen LogP contribution is -2.35. The van der Waals surface area contributed by atoms with Crippen LogP contribution < -0.4 is 4.74 Å². The Morgan fingerprint density at radius 3 is 2.38 bits per heavy atom. The van der Waals surface area contributed by atoms with Crippen molar-refractivity contribution in [2.75, 3.05) is 26.8 Å². The van der Waals surface area contributed by atoms with E-state index in [9.17, 15) is 8.42 Å². The quantitative estimate of drug-likeness (QED) is 0.579. The molecule has 0 amide bonds. The molecule has 3 rings (SSSR count). The third-order valence-corrected chi connectivity index (χ3v) is 5.66. The summed E-state index contributed by atoms with van der Waals surface area (Å²) in [6.45, 7) is 2.01. The number of likely N-dealkylation sites (tertiary alicyclic amines) is 1. The van der Waals surface area contributed by atoms with Gasteiger partial charge < -0.3 is 4.74 Å². The van der Waals surface area contributed by atoms with Gasteiger partial charge in [-0.05, 0) is 54.7 Å². The van der Waals surface area contributed by atoms with Gasteiger partial charge in [-0.15, -0.1) is 0 Å². The maximum atomic E-state index is 11.5. The number of benzene rings is 2. The average Bonchev–Trinajstić information content (AvgIpc) is 3.18. The molecule has 0 saturated carbocycles. The van der Waals surface area contributed by atoms with E-state index in [1.807, 2.05) is 41.3 Å². The molecule has 0 aromatic heterocycles. The van der Waals surface area contributed by atoms with Crippen LogP contribution in [0.2, 0.25) is 0 Å². The Morgan fingerprint density at radius 1 is 1.10 bits per heavy atom. The van der Waals surface area contributed by atoms with E-state index in [1.54, 1.807) is 12.1 Å². The predicted molar refractivity (Wildman–Crippen MR) is 108 cm³/mol. The summed E-state index contributed by atoms with van der Waals surface area (Å²) in [5, 5.41) is 8.87. The van der Waals surface area contributed by atoms with Crippen LogP contribution in [-0.2, 0) is 18.8 Å². The van der Waals surface area contributed by atoms with E-state index in [2.05, 4.69) is 10.3 Å². The van der Waals surface area contributed by atoms with Crippen molar-refractivity contribution in [1.82, 2.24) is 4.90 Å². The van der Waals surface area contributed by atoms with Gasteiger partial charge in [0.05, 0.1) is 25.3 Å². The SMILES string of the molecule is COS(=O)(=O)OC1CCCN1CCCOc1ccc(-c2ccc(C#N)cc2)cc1. The molecular formula is C21H24N2O5S. The molecule has 0 aliphatic carbocycles. The number of rotatable bonds is 9. The minimum absolute atomic E-state index is 0.466. The first-order valence-corrected chi connectivity index (χ1v) is 10.8. The number of ether oxygens (including phenoxy) is 1. The van der Waals surface area contributed by atoms with Gasteiger partial charge in [0.1, 0.15) is 12.0 Å². The van der Waals surface area contributed by atoms with Gasteiger partial charge in [-0.1, -0.05) is 24.3 Å². The normalized spacial score (nSPS) is 17.2. The third kappa shape index (κ3) is 6.02. The molecular weight excluding hydrogens is 392 g/mol. The van der Waals surface area contributed by atoms with Gasteiger partial charge in [0, 0.05) is 13.1 Å². The highest BCUT2D eigenvalue weighted by Gasteiger charge is 2.29. The van der Waals surface area contributed by atoms with Crippen molar-refractivity contribution in [3.8, 4) is 22.9 Å². The molecule has 1 aliphatic rings. The first kappa shape index (κ1) is 21.3. The first-order chi connectivity index (χ1) is 14.0. The van der Waals surface area contributed by atoms with Crippen molar-refractivity contribution in [2.45, 2.75) is 25.5 Å². The molecule has 0 N–H and O–H groups in total. The summed E-state index contributed by atoms with van der Waals surface area (Å²) in [5.74, 6) is 0.776. The number of hydrogen-bond acceptors (Lipinski definition) is 7. The Kier molecular flexibility index (Phi) is 7.23. The first-order valence-electron chi connectivity index (χ1n) is 9.47. The van der Waals surface area contributed by atoms with E-state index < -0.39 is 16.6 Å². The Labute approximate surface area is 171 Å². The van der Waals surface area contributed by atoms with Crippen LogP contribution >= 0.6 is 0 Å². The minimum atomic E-state index is -3.93. The van der Waals surface area contributed by atoms with Crippen LogP contribution in [0, 0.1) is 11.3 Å². The molecule has 0 spiro atoms. The summed E-state index contributed by atoms with van der Waals surface area (Å²) in [6, 6.07) is 17.4. The van der Waals surface area contributed by atoms with Crippen molar-refractivity contribution in [3.63, 3.8) is 0 Å². The van der Waals surface area contributed by atoms with Crippen LogP contribution in [0.3, 0.4) is 0 Å². The smallest absolute Gasteiger partial charge is 0.401 e. The van der Waals surface area contributed by atoms with E-state index in [1.165, 1.54) is 0 Å². The largest absolute Gasteiger partial charge is 0.494 e. The Morgan fingerprint density at radius 2 is 1.76 bits per heavy atom. The van der Waals surface area contributed by atoms with E-state index >= 15 is 0 Å². The molecule has 0 bridgehead atoms. The summed E-state index contributed by atoms with van der Waals surface area (Å²) in [4.78, 5) is 1.99. The lowest BCUT2D eigenvalue weighted by atomic mass is 10.0. The standard InChI is InChI=1S/C21H24N2O5S/c1-26-29(24,25)28-21-4-2-13-23(21)14-3-15-27-20-11-9-19(10-12-20)18-7-5-17(16-22)6-8-18/h5-12,21H,2-4,13-15H2,1H3. The van der Waals surface area contributed by atoms with Crippen LogP contribution in [0.25, 0.3) is 11.1 Å². The van der Waals surface area contributed by atoms with E-state index in [-0.39, 0.29) is 0 Å². The van der Waals surface area contributed by atoms with Gasteiger partial charge in [-0.3, -0.25) is 9.08 Å². The molecule has 1 saturated heterocycles. The second kappa shape index (κ2) is 9.85. The Balaban J connectivity index is 1.45. The van der Waals surface area contributed by atoms with Crippen molar-refractivity contribution >= 4 is 10.4 Å². The number of nitriles is 1. The second-order valence-corrected chi connectivity index (χ2v) is 8.06. The fourth-order valence-corrected chi connectivity index (χ4v) is 3.84. The molecule has 1 fully saturated rings. The van der Waals surface area contributed by atoms with Crippen LogP contribution in [0.5, 0.6) is 5.75 Å². The summed E-state index contributed by atoms with van der Waals surface area (Å²) in [7, 11) is -2.84. The maximum Gasteiger partial charge on any atom is 0.401 e. The van der Waals surface area contributed by atoms with Crippen LogP contribution in [0.1, 0.15) is 24.8 Å². The lowest BCUT2D eigenvalue weighted by molar-refractivity contribution is 0.0489. The molecule has 2 aromatic rings. The van der Waals surface area contributed by atoms with Crippen molar-refractivity contribution in [1.29, 1.82) is 5.26 Å². The zero-order valence-corrected chi connectivity index (χ0v) is 17.1. The van der Waals surface area contributed by atoms with Gasteiger partial charge in [-0.2, -0.15) is 13.7 Å². The highest BCUT2D eigenvalue weighted by Crippen LogP contribution is 2.23. The molecule has 8 heteroatoms. The molecule has 1 heterocycles. The summed E-state index contributed by atoms with van der Waals surface area (Å²) in [5.41, 5.74) is 2.74. The van der Waals surface area contributed by atoms with Crippen molar-refractivity contribution in [3.05, 3.63) is 54.1 Å². The van der Waals surface area contributed by atoms with E-state index in [4.69, 9.17) is 14.2 Å². The van der Waals surface area contributed by atoms with Crippen LogP contribution in [0.4, 0.5) is 0 Å². The number of hydrogen-bond donors (Lipinski definition) is 0. The van der Waals surface area contributed by atoms with E-state index in [0.717, 1.165) is 43.4 Å². The average molecular weight is 416 g/mol. The molecule has 2 aromatic carbocycles. The fraction of sp³-hybridized carbons (Fsp3) is 0.381. The number of nitrogens with zero attached hydrogens (tertiary/aromatic N) is 2. The molecule has 7 nitrogen and oxygen atoms in total. The topological polar surface area (TPSA) is 88.9 Å². The summed E-state index contributed by atoms with van der Waals surface area (Å²) in [6.07, 6.45) is 1.85. The zero-order chi connectivity index (χ0) is 20.7. The Hall–Kier alpha value is -2.44. The molecule has 1 aliphatic heterocycles. The van der Waals surface area contributed by atoms with Crippen molar-refractivity contribution < 1.29 is 21.5 Å². The van der Waals surface area contributed by atoms with Gasteiger partial charge >= 0.3 is 10.4 Å². The van der Waals surface area contributed by atoms with Gasteiger partial charge in [0.15, 0.2) is 0 Å². The molecule has 29 heavy (non-hydrogen) atoms. The second-order valence-electron chi connectivity index (χ2n) is 6.72. The zero-order valence-electron chi connectivity index (χ0n) is 16.3. The monoisotopic (exact) mass is 416 g/mol. The summed E-state index contributed by atoms with van der Waals surface area (Å²) >= 11 is 0. The molecule has 154 valence electrons. The van der Waals surface area contributed by atoms with E-state index in [0.29, 0.717) is 25.1 Å². The molecule has 1 atom stereocenters. The van der Waals surface area contributed by atoms with Gasteiger partial charge in [-0.25, -0.2) is 4.18 Å². The van der Waals surface area contributed by atoms with Gasteiger partial charge in [0.2, 0.25) is 0 Å². The molecule has 0 radical (unpaired) electrons. The molecule has 1 unspecified atom stereocenters. The highest BCUT2D eigenvalue weighted by atomic mass is 32.3. The minimum Gasteiger partial charge on any atom is -0.494 e. The van der Waals surface area contributed by atoms with Gasteiger partial charge in [0.25, 0.3) is 0 Å². The lowest BCUT2D eigenvalue weighted by Gasteiger charge is -2.23. The maximum absolute atomic E-state index is 11.5. The van der Waals surface area contributed by atoms with Crippen molar-refractivity contribution in [2.24, 2.45) is 0 Å². The predicted octanol–water partition coefficient (Wildman–Crippen LogP) is 3.32. The van der Waals surface area contributed by atoms with Crippen LogP contribution in [0.15, 0.2) is 48.5 Å². The summed E-state index contributed by atoms with van der Waals surface area (Å²) < 4.78 is 38.2. The fourth-order valence-electron chi connectivity index (χ4n) is 3.27. The van der Waals surface area contributed by atoms with Crippen LogP contribution in [-0.4, -0.2) is 46.4 Å². The highest BCUT2D eigenvalue weighted by molar-refractivity contribution is 7.81. The third-order valence-electron chi connectivity index (χ3n) is 4.80. The Bertz CT molecular complexity index is 937.